The van der Waals surface area contributed by atoms with Gasteiger partial charge in [0.05, 0.1) is 12.6 Å². The van der Waals surface area contributed by atoms with E-state index in [2.05, 4.69) is 4.99 Å². The Morgan fingerprint density at radius 1 is 1.05 bits per heavy atom. The number of aliphatic hydroxyl groups is 1. The summed E-state index contributed by atoms with van der Waals surface area (Å²) in [5.41, 5.74) is 1.23. The second kappa shape index (κ2) is 6.20. The van der Waals surface area contributed by atoms with Crippen LogP contribution in [0, 0.1) is 11.6 Å². The zero-order chi connectivity index (χ0) is 13.7. The Morgan fingerprint density at radius 2 is 1.79 bits per heavy atom. The van der Waals surface area contributed by atoms with Crippen molar-refractivity contribution in [1.29, 1.82) is 0 Å². The van der Waals surface area contributed by atoms with Gasteiger partial charge in [0.1, 0.15) is 11.6 Å². The summed E-state index contributed by atoms with van der Waals surface area (Å²) in [7, 11) is 0. The number of rotatable bonds is 4. The Morgan fingerprint density at radius 3 is 2.47 bits per heavy atom. The van der Waals surface area contributed by atoms with Crippen LogP contribution in [0.3, 0.4) is 0 Å². The molecule has 0 saturated carbocycles. The molecule has 1 atom stereocenters. The molecule has 0 heterocycles. The molecular formula is C15H13F2NO. The molecule has 0 radical (unpaired) electrons. The van der Waals surface area contributed by atoms with Gasteiger partial charge in [0.15, 0.2) is 0 Å². The largest absolute Gasteiger partial charge is 0.386 e. The Balaban J connectivity index is 1.96. The van der Waals surface area contributed by atoms with E-state index in [9.17, 15) is 13.9 Å². The zero-order valence-corrected chi connectivity index (χ0v) is 10.1. The molecule has 1 unspecified atom stereocenters. The molecule has 2 aromatic rings. The Labute approximate surface area is 110 Å². The number of benzene rings is 2. The standard InChI is InChI=1S/C15H13F2NO/c16-13-6-4-12(5-7-13)15(19)10-18-9-11-2-1-3-14(17)8-11/h1-9,15,19H,10H2. The van der Waals surface area contributed by atoms with Crippen molar-refractivity contribution in [2.45, 2.75) is 6.10 Å². The molecule has 0 aliphatic heterocycles. The summed E-state index contributed by atoms with van der Waals surface area (Å²) in [5.74, 6) is -0.678. The smallest absolute Gasteiger partial charge is 0.123 e. The molecule has 2 nitrogen and oxygen atoms in total. The first-order valence-electron chi connectivity index (χ1n) is 5.84. The monoisotopic (exact) mass is 261 g/mol. The maximum absolute atomic E-state index is 12.9. The van der Waals surface area contributed by atoms with Gasteiger partial charge in [-0.3, -0.25) is 4.99 Å². The van der Waals surface area contributed by atoms with Crippen LogP contribution in [0.25, 0.3) is 0 Å². The Kier molecular flexibility index (Phi) is 4.36. The van der Waals surface area contributed by atoms with Crippen LogP contribution in [-0.2, 0) is 0 Å². The summed E-state index contributed by atoms with van der Waals surface area (Å²) in [6.45, 7) is 0.141. The van der Waals surface area contributed by atoms with Crippen LogP contribution in [0.4, 0.5) is 8.78 Å². The minimum absolute atomic E-state index is 0.141. The van der Waals surface area contributed by atoms with Crippen molar-refractivity contribution in [2.75, 3.05) is 6.54 Å². The molecule has 0 spiro atoms. The predicted molar refractivity (Wildman–Crippen MR) is 70.2 cm³/mol. The van der Waals surface area contributed by atoms with Gasteiger partial charge in [0, 0.05) is 6.21 Å². The summed E-state index contributed by atoms with van der Waals surface area (Å²) >= 11 is 0. The van der Waals surface area contributed by atoms with Crippen LogP contribution in [0.5, 0.6) is 0 Å². The van der Waals surface area contributed by atoms with E-state index in [1.165, 1.54) is 42.6 Å². The molecule has 1 N–H and O–H groups in total. The number of halogens is 2. The van der Waals surface area contributed by atoms with Gasteiger partial charge in [0.25, 0.3) is 0 Å². The van der Waals surface area contributed by atoms with Gasteiger partial charge >= 0.3 is 0 Å². The summed E-state index contributed by atoms with van der Waals surface area (Å²) in [6.07, 6.45) is 0.695. The first-order valence-corrected chi connectivity index (χ1v) is 5.84. The average molecular weight is 261 g/mol. The highest BCUT2D eigenvalue weighted by Gasteiger charge is 2.05. The molecule has 0 amide bonds. The van der Waals surface area contributed by atoms with Crippen LogP contribution in [-0.4, -0.2) is 17.9 Å². The lowest BCUT2D eigenvalue weighted by atomic mass is 10.1. The van der Waals surface area contributed by atoms with Crippen LogP contribution in [0.15, 0.2) is 53.5 Å². The van der Waals surface area contributed by atoms with Crippen LogP contribution < -0.4 is 0 Å². The molecule has 98 valence electrons. The second-order valence-corrected chi connectivity index (χ2v) is 4.12. The van der Waals surface area contributed by atoms with Gasteiger partial charge in [-0.2, -0.15) is 0 Å². The van der Waals surface area contributed by atoms with Crippen molar-refractivity contribution in [2.24, 2.45) is 4.99 Å². The highest BCUT2D eigenvalue weighted by Crippen LogP contribution is 2.13. The highest BCUT2D eigenvalue weighted by atomic mass is 19.1. The topological polar surface area (TPSA) is 32.6 Å². The fraction of sp³-hybridized carbons (Fsp3) is 0.133. The van der Waals surface area contributed by atoms with Crippen LogP contribution in [0.1, 0.15) is 17.2 Å². The highest BCUT2D eigenvalue weighted by molar-refractivity contribution is 5.79. The fourth-order valence-corrected chi connectivity index (χ4v) is 1.64. The lowest BCUT2D eigenvalue weighted by Crippen LogP contribution is -2.01. The Bertz CT molecular complexity index is 567. The molecule has 0 aliphatic carbocycles. The first kappa shape index (κ1) is 13.4. The molecule has 4 heteroatoms. The van der Waals surface area contributed by atoms with Gasteiger partial charge in [-0.1, -0.05) is 24.3 Å². The van der Waals surface area contributed by atoms with E-state index < -0.39 is 6.10 Å². The van der Waals surface area contributed by atoms with E-state index in [0.29, 0.717) is 11.1 Å². The molecule has 2 aromatic carbocycles. The van der Waals surface area contributed by atoms with Crippen molar-refractivity contribution in [3.05, 3.63) is 71.3 Å². The average Bonchev–Trinajstić information content (AvgIpc) is 2.39. The minimum Gasteiger partial charge on any atom is -0.386 e. The molecular weight excluding hydrogens is 248 g/mol. The summed E-state index contributed by atoms with van der Waals surface area (Å²) in [5, 5.41) is 9.83. The van der Waals surface area contributed by atoms with Crippen molar-refractivity contribution in [3.8, 4) is 0 Å². The lowest BCUT2D eigenvalue weighted by molar-refractivity contribution is 0.187. The molecule has 0 fully saturated rings. The minimum atomic E-state index is -0.801. The molecule has 19 heavy (non-hydrogen) atoms. The maximum Gasteiger partial charge on any atom is 0.123 e. The van der Waals surface area contributed by atoms with Gasteiger partial charge in [-0.05, 0) is 35.4 Å². The number of aliphatic imine (C=N–C) groups is 1. The fourth-order valence-electron chi connectivity index (χ4n) is 1.64. The first-order chi connectivity index (χ1) is 9.15. The van der Waals surface area contributed by atoms with Crippen molar-refractivity contribution < 1.29 is 13.9 Å². The van der Waals surface area contributed by atoms with Crippen LogP contribution >= 0.6 is 0 Å². The number of hydrogen-bond donors (Lipinski definition) is 1. The van der Waals surface area contributed by atoms with E-state index in [0.717, 1.165) is 0 Å². The van der Waals surface area contributed by atoms with Crippen molar-refractivity contribution in [3.63, 3.8) is 0 Å². The molecule has 0 bridgehead atoms. The number of nitrogens with zero attached hydrogens (tertiary/aromatic N) is 1. The maximum atomic E-state index is 12.9. The normalized spacial score (nSPS) is 12.8. The molecule has 2 rings (SSSR count). The molecule has 0 saturated heterocycles. The Hall–Kier alpha value is -2.07. The van der Waals surface area contributed by atoms with E-state index in [4.69, 9.17) is 0 Å². The number of hydrogen-bond acceptors (Lipinski definition) is 2. The van der Waals surface area contributed by atoms with Gasteiger partial charge in [0.2, 0.25) is 0 Å². The van der Waals surface area contributed by atoms with Gasteiger partial charge < -0.3 is 5.11 Å². The molecule has 0 aromatic heterocycles. The lowest BCUT2D eigenvalue weighted by Gasteiger charge is -2.07. The molecule has 0 aliphatic rings. The summed E-state index contributed by atoms with van der Waals surface area (Å²) in [4.78, 5) is 4.05. The van der Waals surface area contributed by atoms with E-state index in [1.54, 1.807) is 12.1 Å². The third-order valence-electron chi connectivity index (χ3n) is 2.62. The van der Waals surface area contributed by atoms with E-state index in [-0.39, 0.29) is 18.2 Å². The van der Waals surface area contributed by atoms with E-state index in [1.807, 2.05) is 0 Å². The van der Waals surface area contributed by atoms with Crippen molar-refractivity contribution in [1.82, 2.24) is 0 Å². The quantitative estimate of drug-likeness (QED) is 0.843. The predicted octanol–water partition coefficient (Wildman–Crippen LogP) is 3.12. The second-order valence-electron chi connectivity index (χ2n) is 4.12. The third-order valence-corrected chi connectivity index (χ3v) is 2.62. The van der Waals surface area contributed by atoms with Crippen LogP contribution in [0.2, 0.25) is 0 Å². The van der Waals surface area contributed by atoms with Gasteiger partial charge in [-0.25, -0.2) is 8.78 Å². The third kappa shape index (κ3) is 3.96. The van der Waals surface area contributed by atoms with E-state index >= 15 is 0 Å². The number of aliphatic hydroxyl groups excluding tert-OH is 1. The van der Waals surface area contributed by atoms with Crippen molar-refractivity contribution >= 4 is 6.21 Å². The SMILES string of the molecule is OC(CN=Cc1cccc(F)c1)c1ccc(F)cc1. The summed E-state index contributed by atoms with van der Waals surface area (Å²) < 4.78 is 25.6. The van der Waals surface area contributed by atoms with Gasteiger partial charge in [-0.15, -0.1) is 0 Å². The zero-order valence-electron chi connectivity index (χ0n) is 10.1. The summed E-state index contributed by atoms with van der Waals surface area (Å²) in [6, 6.07) is 11.6.